The molecule has 2 amide bonds. The molecule has 0 unspecified atom stereocenters. The monoisotopic (exact) mass is 396 g/mol. The van der Waals surface area contributed by atoms with Gasteiger partial charge in [-0.25, -0.2) is 0 Å². The van der Waals surface area contributed by atoms with Crippen LogP contribution in [-0.2, 0) is 9.59 Å². The number of amides is 2. The fourth-order valence-electron chi connectivity index (χ4n) is 3.33. The van der Waals surface area contributed by atoms with Gasteiger partial charge in [-0.2, -0.15) is 0 Å². The van der Waals surface area contributed by atoms with Crippen molar-refractivity contribution in [2.45, 2.75) is 20.3 Å². The molecule has 6 heteroatoms. The maximum atomic E-state index is 12.4. The predicted molar refractivity (Wildman–Crippen MR) is 111 cm³/mol. The lowest BCUT2D eigenvalue weighted by Crippen LogP contribution is -2.51. The van der Waals surface area contributed by atoms with Gasteiger partial charge >= 0.3 is 0 Å². The van der Waals surface area contributed by atoms with E-state index >= 15 is 0 Å². The van der Waals surface area contributed by atoms with E-state index in [0.29, 0.717) is 39.2 Å². The number of carbonyl (C=O) groups is 2. The lowest BCUT2D eigenvalue weighted by molar-refractivity contribution is -0.141. The normalized spacial score (nSPS) is 13.9. The first-order valence-corrected chi connectivity index (χ1v) is 9.96. The lowest BCUT2D eigenvalue weighted by Gasteiger charge is -2.34. The van der Waals surface area contributed by atoms with Crippen LogP contribution in [0.2, 0.25) is 0 Å². The number of nitrogens with zero attached hydrogens (tertiary/aromatic N) is 2. The summed E-state index contributed by atoms with van der Waals surface area (Å²) in [6.45, 7) is 6.50. The zero-order valence-electron chi connectivity index (χ0n) is 17.1. The van der Waals surface area contributed by atoms with Crippen LogP contribution in [0.3, 0.4) is 0 Å². The summed E-state index contributed by atoms with van der Waals surface area (Å²) >= 11 is 0. The van der Waals surface area contributed by atoms with Crippen molar-refractivity contribution in [3.63, 3.8) is 0 Å². The first kappa shape index (κ1) is 20.7. The van der Waals surface area contributed by atoms with E-state index in [0.717, 1.165) is 22.6 Å². The average Bonchev–Trinajstić information content (AvgIpc) is 2.74. The molecule has 1 aliphatic rings. The molecule has 3 rings (SSSR count). The third-order valence-corrected chi connectivity index (χ3v) is 4.99. The van der Waals surface area contributed by atoms with Gasteiger partial charge in [0, 0.05) is 26.2 Å². The Balaban J connectivity index is 1.37. The SMILES string of the molecule is Cc1ccc(OCC(=O)N2CCN(C(=O)CCOc3ccccc3)CC2)c(C)c1. The van der Waals surface area contributed by atoms with E-state index in [1.54, 1.807) is 9.80 Å². The highest BCUT2D eigenvalue weighted by Crippen LogP contribution is 2.19. The molecule has 2 aromatic rings. The minimum absolute atomic E-state index is 0.0166. The standard InChI is InChI=1S/C23H28N2O4/c1-18-8-9-21(19(2)16-18)29-17-23(27)25-13-11-24(12-14-25)22(26)10-15-28-20-6-4-3-5-7-20/h3-9,16H,10-15,17H2,1-2H3. The summed E-state index contributed by atoms with van der Waals surface area (Å²) in [7, 11) is 0. The summed E-state index contributed by atoms with van der Waals surface area (Å²) in [4.78, 5) is 28.3. The maximum Gasteiger partial charge on any atom is 0.260 e. The molecule has 2 aromatic carbocycles. The summed E-state index contributed by atoms with van der Waals surface area (Å²) in [5.41, 5.74) is 2.18. The number of carbonyl (C=O) groups excluding carboxylic acids is 2. The fourth-order valence-corrected chi connectivity index (χ4v) is 3.33. The fraction of sp³-hybridized carbons (Fsp3) is 0.391. The van der Waals surface area contributed by atoms with E-state index in [-0.39, 0.29) is 18.4 Å². The molecule has 29 heavy (non-hydrogen) atoms. The minimum atomic E-state index is -0.0514. The van der Waals surface area contributed by atoms with Crippen molar-refractivity contribution in [3.05, 3.63) is 59.7 Å². The number of ether oxygens (including phenoxy) is 2. The lowest BCUT2D eigenvalue weighted by atomic mass is 10.1. The molecular weight excluding hydrogens is 368 g/mol. The quantitative estimate of drug-likeness (QED) is 0.722. The van der Waals surface area contributed by atoms with Crippen molar-refractivity contribution < 1.29 is 19.1 Å². The zero-order chi connectivity index (χ0) is 20.6. The van der Waals surface area contributed by atoms with Gasteiger partial charge in [0.15, 0.2) is 6.61 Å². The number of aryl methyl sites for hydroxylation is 2. The Morgan fingerprint density at radius 3 is 2.17 bits per heavy atom. The number of piperazine rings is 1. The van der Waals surface area contributed by atoms with Gasteiger partial charge in [-0.05, 0) is 37.6 Å². The van der Waals surface area contributed by atoms with Crippen LogP contribution in [0.1, 0.15) is 17.5 Å². The van der Waals surface area contributed by atoms with Crippen molar-refractivity contribution in [2.75, 3.05) is 39.4 Å². The molecule has 0 saturated carbocycles. The van der Waals surface area contributed by atoms with Crippen LogP contribution >= 0.6 is 0 Å². The van der Waals surface area contributed by atoms with Gasteiger partial charge in [-0.1, -0.05) is 35.9 Å². The molecule has 6 nitrogen and oxygen atoms in total. The van der Waals surface area contributed by atoms with E-state index in [1.165, 1.54) is 0 Å². The Morgan fingerprint density at radius 1 is 0.862 bits per heavy atom. The van der Waals surface area contributed by atoms with Crippen LogP contribution in [0.4, 0.5) is 0 Å². The van der Waals surface area contributed by atoms with Crippen LogP contribution in [0.25, 0.3) is 0 Å². The summed E-state index contributed by atoms with van der Waals surface area (Å²) in [6.07, 6.45) is 0.332. The van der Waals surface area contributed by atoms with Crippen LogP contribution in [0.15, 0.2) is 48.5 Å². The summed E-state index contributed by atoms with van der Waals surface area (Å²) in [5, 5.41) is 0. The first-order valence-electron chi connectivity index (χ1n) is 9.96. The van der Waals surface area contributed by atoms with E-state index in [4.69, 9.17) is 9.47 Å². The Labute approximate surface area is 172 Å². The molecule has 1 aliphatic heterocycles. The number of rotatable bonds is 7. The Morgan fingerprint density at radius 2 is 1.52 bits per heavy atom. The molecular formula is C23H28N2O4. The summed E-state index contributed by atoms with van der Waals surface area (Å²) in [6, 6.07) is 15.4. The van der Waals surface area contributed by atoms with E-state index < -0.39 is 0 Å². The predicted octanol–water partition coefficient (Wildman–Crippen LogP) is 2.82. The highest BCUT2D eigenvalue weighted by atomic mass is 16.5. The van der Waals surface area contributed by atoms with E-state index in [2.05, 4.69) is 0 Å². The molecule has 1 fully saturated rings. The molecule has 1 heterocycles. The third kappa shape index (κ3) is 5.98. The van der Waals surface area contributed by atoms with E-state index in [1.807, 2.05) is 62.4 Å². The van der Waals surface area contributed by atoms with Gasteiger partial charge in [0.1, 0.15) is 11.5 Å². The minimum Gasteiger partial charge on any atom is -0.493 e. The Kier molecular flexibility index (Phi) is 7.11. The molecule has 0 atom stereocenters. The van der Waals surface area contributed by atoms with Gasteiger partial charge in [-0.3, -0.25) is 9.59 Å². The third-order valence-electron chi connectivity index (χ3n) is 4.99. The van der Waals surface area contributed by atoms with Crippen LogP contribution in [-0.4, -0.2) is 61.0 Å². The molecule has 0 aliphatic carbocycles. The van der Waals surface area contributed by atoms with Crippen LogP contribution in [0, 0.1) is 13.8 Å². The highest BCUT2D eigenvalue weighted by Gasteiger charge is 2.24. The van der Waals surface area contributed by atoms with Crippen molar-refractivity contribution in [2.24, 2.45) is 0 Å². The van der Waals surface area contributed by atoms with Crippen LogP contribution in [0.5, 0.6) is 11.5 Å². The second kappa shape index (κ2) is 9.96. The summed E-state index contributed by atoms with van der Waals surface area (Å²) in [5.74, 6) is 1.50. The Hall–Kier alpha value is -3.02. The van der Waals surface area contributed by atoms with Crippen molar-refractivity contribution in [3.8, 4) is 11.5 Å². The highest BCUT2D eigenvalue weighted by molar-refractivity contribution is 5.79. The van der Waals surface area contributed by atoms with Gasteiger partial charge in [-0.15, -0.1) is 0 Å². The first-order chi connectivity index (χ1) is 14.0. The van der Waals surface area contributed by atoms with Crippen LogP contribution < -0.4 is 9.47 Å². The molecule has 0 radical (unpaired) electrons. The van der Waals surface area contributed by atoms with Gasteiger partial charge in [0.2, 0.25) is 5.91 Å². The zero-order valence-corrected chi connectivity index (χ0v) is 17.1. The molecule has 0 aromatic heterocycles. The second-order valence-electron chi connectivity index (χ2n) is 7.23. The number of para-hydroxylation sites is 1. The largest absolute Gasteiger partial charge is 0.493 e. The van der Waals surface area contributed by atoms with Gasteiger partial charge in [0.05, 0.1) is 13.0 Å². The maximum absolute atomic E-state index is 12.4. The molecule has 154 valence electrons. The van der Waals surface area contributed by atoms with Crippen molar-refractivity contribution in [1.82, 2.24) is 9.80 Å². The topological polar surface area (TPSA) is 59.1 Å². The number of hydrogen-bond donors (Lipinski definition) is 0. The number of benzene rings is 2. The molecule has 0 N–H and O–H groups in total. The second-order valence-corrected chi connectivity index (χ2v) is 7.23. The van der Waals surface area contributed by atoms with Crippen molar-refractivity contribution in [1.29, 1.82) is 0 Å². The molecule has 1 saturated heterocycles. The van der Waals surface area contributed by atoms with Gasteiger partial charge in [0.25, 0.3) is 5.91 Å². The van der Waals surface area contributed by atoms with Gasteiger partial charge < -0.3 is 19.3 Å². The Bertz CT molecular complexity index is 830. The molecule has 0 spiro atoms. The summed E-state index contributed by atoms with van der Waals surface area (Å²) < 4.78 is 11.3. The van der Waals surface area contributed by atoms with Crippen molar-refractivity contribution >= 4 is 11.8 Å². The average molecular weight is 396 g/mol. The van der Waals surface area contributed by atoms with E-state index in [9.17, 15) is 9.59 Å². The smallest absolute Gasteiger partial charge is 0.260 e. The molecule has 0 bridgehead atoms. The number of hydrogen-bond acceptors (Lipinski definition) is 4.